The van der Waals surface area contributed by atoms with Crippen LogP contribution in [0.25, 0.3) is 0 Å². The van der Waals surface area contributed by atoms with Crippen LogP contribution in [-0.2, 0) is 21.9 Å². The van der Waals surface area contributed by atoms with Gasteiger partial charge in [-0.15, -0.1) is 11.6 Å². The fourth-order valence-corrected chi connectivity index (χ4v) is 4.17. The number of ether oxygens (including phenoxy) is 2. The van der Waals surface area contributed by atoms with E-state index < -0.39 is 15.3 Å². The molecular weight excluding hydrogens is 485 g/mol. The zero-order valence-electron chi connectivity index (χ0n) is 18.4. The summed E-state index contributed by atoms with van der Waals surface area (Å²) in [4.78, 5) is 0. The minimum Gasteiger partial charge on any atom is -0.489 e. The maximum atomic E-state index is 11.5. The molecule has 0 saturated heterocycles. The predicted octanol–water partition coefficient (Wildman–Crippen LogP) is 5.73. The Morgan fingerprint density at radius 2 is 1.76 bits per heavy atom. The van der Waals surface area contributed by atoms with Gasteiger partial charge in [0, 0.05) is 11.7 Å². The highest BCUT2D eigenvalue weighted by molar-refractivity contribution is 7.90. The second-order valence-corrected chi connectivity index (χ2v) is 10.6. The van der Waals surface area contributed by atoms with Gasteiger partial charge in [0.25, 0.3) is 0 Å². The van der Waals surface area contributed by atoms with Crippen LogP contribution in [0.5, 0.6) is 11.5 Å². The van der Waals surface area contributed by atoms with E-state index in [1.807, 2.05) is 38.1 Å². The topological polar surface area (TPSA) is 89.5 Å². The van der Waals surface area contributed by atoms with Gasteiger partial charge in [-0.3, -0.25) is 0 Å². The van der Waals surface area contributed by atoms with E-state index in [-0.39, 0.29) is 18.3 Å². The molecule has 0 aliphatic heterocycles. The van der Waals surface area contributed by atoms with Crippen molar-refractivity contribution in [3.8, 4) is 17.6 Å². The van der Waals surface area contributed by atoms with Gasteiger partial charge in [-0.2, -0.15) is 5.26 Å². The molecule has 0 unspecified atom stereocenters. The molecule has 33 heavy (non-hydrogen) atoms. The van der Waals surface area contributed by atoms with Gasteiger partial charge in [-0.05, 0) is 47.5 Å². The fourth-order valence-electron chi connectivity index (χ4n) is 3.25. The Labute approximate surface area is 203 Å². The van der Waals surface area contributed by atoms with E-state index in [2.05, 4.69) is 6.07 Å². The number of sulfone groups is 1. The number of benzene rings is 2. The van der Waals surface area contributed by atoms with Crippen LogP contribution in [0.4, 0.5) is 0 Å². The smallest absolute Gasteiger partial charge is 0.218 e. The summed E-state index contributed by atoms with van der Waals surface area (Å²) in [7, 11) is -3.39. The zero-order valence-corrected chi connectivity index (χ0v) is 20.7. The highest BCUT2D eigenvalue weighted by Crippen LogP contribution is 2.38. The van der Waals surface area contributed by atoms with Gasteiger partial charge in [0.2, 0.25) is 14.9 Å². The van der Waals surface area contributed by atoms with Gasteiger partial charge in [0.15, 0.2) is 5.75 Å². The molecule has 0 atom stereocenters. The summed E-state index contributed by atoms with van der Waals surface area (Å²) in [5.41, 5.74) is 1.74. The number of halogens is 2. The van der Waals surface area contributed by atoms with Gasteiger partial charge < -0.3 is 13.9 Å². The normalized spacial score (nSPS) is 11.8. The molecule has 0 radical (unpaired) electrons. The second kappa shape index (κ2) is 10.1. The van der Waals surface area contributed by atoms with E-state index in [4.69, 9.17) is 37.1 Å². The predicted molar refractivity (Wildman–Crippen MR) is 127 cm³/mol. The molecule has 0 bridgehead atoms. The van der Waals surface area contributed by atoms with Crippen LogP contribution >= 0.6 is 23.2 Å². The third-order valence-electron chi connectivity index (χ3n) is 5.17. The summed E-state index contributed by atoms with van der Waals surface area (Å²) in [6.45, 7) is 4.42. The van der Waals surface area contributed by atoms with Gasteiger partial charge in [-0.1, -0.05) is 37.6 Å². The number of alkyl halides is 1. The average molecular weight is 508 g/mol. The van der Waals surface area contributed by atoms with E-state index >= 15 is 0 Å². The Morgan fingerprint density at radius 1 is 1.06 bits per heavy atom. The molecule has 0 spiro atoms. The molecule has 2 aromatic carbocycles. The molecular formula is C24H23Cl2NO5S. The first-order chi connectivity index (χ1) is 15.6. The molecule has 3 aromatic rings. The Balaban J connectivity index is 1.77. The molecule has 174 valence electrons. The first-order valence-electron chi connectivity index (χ1n) is 10.0. The lowest BCUT2D eigenvalue weighted by Gasteiger charge is -2.27. The molecule has 9 heteroatoms. The van der Waals surface area contributed by atoms with E-state index in [1.165, 1.54) is 6.07 Å². The van der Waals surface area contributed by atoms with E-state index in [0.29, 0.717) is 33.7 Å². The summed E-state index contributed by atoms with van der Waals surface area (Å²) < 4.78 is 39.6. The molecule has 0 N–H and O–H groups in total. The highest BCUT2D eigenvalue weighted by Gasteiger charge is 2.26. The molecule has 0 fully saturated rings. The lowest BCUT2D eigenvalue weighted by molar-refractivity contribution is 0.258. The monoisotopic (exact) mass is 507 g/mol. The number of hydrogen-bond donors (Lipinski definition) is 0. The lowest BCUT2D eigenvalue weighted by Crippen LogP contribution is -2.19. The minimum absolute atomic E-state index is 0.0901. The van der Waals surface area contributed by atoms with Crippen molar-refractivity contribution in [2.75, 3.05) is 18.7 Å². The number of rotatable bonds is 9. The Kier molecular flexibility index (Phi) is 7.63. The first kappa shape index (κ1) is 25.0. The van der Waals surface area contributed by atoms with E-state index in [9.17, 15) is 13.7 Å². The third-order valence-corrected chi connectivity index (χ3v) is 6.55. The molecule has 0 aliphatic rings. The quantitative estimate of drug-likeness (QED) is 0.343. The first-order valence-corrected chi connectivity index (χ1v) is 12.8. The lowest BCUT2D eigenvalue weighted by atomic mass is 9.77. The van der Waals surface area contributed by atoms with Crippen molar-refractivity contribution in [2.45, 2.75) is 31.0 Å². The molecule has 1 aromatic heterocycles. The van der Waals surface area contributed by atoms with Crippen molar-refractivity contribution in [3.63, 3.8) is 0 Å². The molecule has 0 saturated carbocycles. The van der Waals surface area contributed by atoms with Crippen molar-refractivity contribution < 1.29 is 22.3 Å². The number of nitrogens with zero attached hydrogens (tertiary/aromatic N) is 1. The summed E-state index contributed by atoms with van der Waals surface area (Å²) >= 11 is 12.1. The summed E-state index contributed by atoms with van der Waals surface area (Å²) in [6, 6.07) is 16.2. The van der Waals surface area contributed by atoms with Crippen molar-refractivity contribution in [3.05, 3.63) is 76.0 Å². The van der Waals surface area contributed by atoms with Crippen molar-refractivity contribution in [1.82, 2.24) is 0 Å². The van der Waals surface area contributed by atoms with E-state index in [1.54, 1.807) is 18.2 Å². The summed E-state index contributed by atoms with van der Waals surface area (Å²) in [6.07, 6.45) is 1.09. The van der Waals surface area contributed by atoms with Gasteiger partial charge in [0.1, 0.15) is 30.8 Å². The van der Waals surface area contributed by atoms with Gasteiger partial charge in [0.05, 0.1) is 16.5 Å². The molecule has 3 rings (SSSR count). The fraction of sp³-hybridized carbons (Fsp3) is 0.292. The molecule has 1 heterocycles. The molecule has 0 amide bonds. The summed E-state index contributed by atoms with van der Waals surface area (Å²) in [5.74, 6) is 1.64. The van der Waals surface area contributed by atoms with Crippen molar-refractivity contribution >= 4 is 33.0 Å². The Morgan fingerprint density at radius 3 is 2.33 bits per heavy atom. The van der Waals surface area contributed by atoms with Crippen LogP contribution in [0.3, 0.4) is 0 Å². The van der Waals surface area contributed by atoms with Crippen LogP contribution in [0.15, 0.2) is 58.0 Å². The van der Waals surface area contributed by atoms with Crippen LogP contribution in [0.1, 0.15) is 36.3 Å². The third kappa shape index (κ3) is 5.83. The maximum absolute atomic E-state index is 11.5. The van der Waals surface area contributed by atoms with Gasteiger partial charge in [-0.25, -0.2) is 8.42 Å². The molecule has 6 nitrogen and oxygen atoms in total. The van der Waals surface area contributed by atoms with Crippen molar-refractivity contribution in [2.24, 2.45) is 0 Å². The van der Waals surface area contributed by atoms with Crippen LogP contribution in [0.2, 0.25) is 5.02 Å². The number of hydrogen-bond acceptors (Lipinski definition) is 6. The van der Waals surface area contributed by atoms with Crippen LogP contribution in [0, 0.1) is 11.3 Å². The van der Waals surface area contributed by atoms with Crippen LogP contribution in [-0.4, -0.2) is 27.2 Å². The average Bonchev–Trinajstić information content (AvgIpc) is 3.26. The number of furan rings is 1. The summed E-state index contributed by atoms with van der Waals surface area (Å²) in [5, 5.41) is 9.82. The highest BCUT2D eigenvalue weighted by atomic mass is 35.5. The number of nitriles is 1. The zero-order chi connectivity index (χ0) is 24.2. The standard InChI is InChI=1S/C24H23Cl2NO5S/c1-24(2,18-12-16(14-27)23(21(26)13-18)30-11-10-25)17-4-6-19(7-5-17)31-15-20-8-9-22(32-20)33(3,28)29/h4-9,12-13H,10-11,15H2,1-3H3. The maximum Gasteiger partial charge on any atom is 0.218 e. The van der Waals surface area contributed by atoms with Crippen LogP contribution < -0.4 is 9.47 Å². The largest absolute Gasteiger partial charge is 0.489 e. The Bertz CT molecular complexity index is 1280. The second-order valence-electron chi connectivity index (χ2n) is 7.91. The van der Waals surface area contributed by atoms with E-state index in [0.717, 1.165) is 17.4 Å². The SMILES string of the molecule is CC(C)(c1ccc(OCc2ccc(S(C)(=O)=O)o2)cc1)c1cc(Cl)c(OCCCl)c(C#N)c1. The minimum atomic E-state index is -3.39. The van der Waals surface area contributed by atoms with Crippen molar-refractivity contribution in [1.29, 1.82) is 5.26 Å². The van der Waals surface area contributed by atoms with Gasteiger partial charge >= 0.3 is 0 Å². The Hall–Kier alpha value is -2.66. The molecule has 0 aliphatic carbocycles.